The fraction of sp³-hybridized carbons (Fsp3) is 0. The molecule has 0 heterocycles. The van der Waals surface area contributed by atoms with Crippen LogP contribution < -0.4 is 0 Å². The van der Waals surface area contributed by atoms with Crippen molar-refractivity contribution in [3.8, 4) is 0 Å². The van der Waals surface area contributed by atoms with Gasteiger partial charge in [-0.2, -0.15) is 12.9 Å². The second-order valence-electron chi connectivity index (χ2n) is 3.07. The molecule has 0 fully saturated rings. The molecule has 0 spiro atoms. The highest BCUT2D eigenvalue weighted by Gasteiger charge is 2.31. The molecule has 0 aromatic rings. The van der Waals surface area contributed by atoms with Gasteiger partial charge in [0.2, 0.25) is 0 Å². The van der Waals surface area contributed by atoms with E-state index in [0.717, 1.165) is 0 Å². The van der Waals surface area contributed by atoms with E-state index >= 15 is 0 Å². The first-order valence-electron chi connectivity index (χ1n) is 4.50. The summed E-state index contributed by atoms with van der Waals surface area (Å²) in [5.41, 5.74) is 0. The molecule has 3 atom stereocenters. The number of hydrogen-bond acceptors (Lipinski definition) is 9. The molecule has 0 aliphatic heterocycles. The molecule has 0 aliphatic rings. The molecule has 0 saturated carbocycles. The van der Waals surface area contributed by atoms with Gasteiger partial charge in [0, 0.05) is 8.41 Å². The van der Waals surface area contributed by atoms with Crippen LogP contribution in [-0.2, 0) is 40.3 Å². The van der Waals surface area contributed by atoms with Crippen LogP contribution >= 0.6 is 47.2 Å². The Hall–Kier alpha value is 0.755. The minimum absolute atomic E-state index is 0. The summed E-state index contributed by atoms with van der Waals surface area (Å²) in [4.78, 5) is 68.6. The van der Waals surface area contributed by atoms with Crippen LogP contribution in [0.15, 0.2) is 0 Å². The molecule has 0 amide bonds. The Morgan fingerprint density at radius 1 is 0.429 bits per heavy atom. The maximum absolute atomic E-state index is 11.3. The van der Waals surface area contributed by atoms with Gasteiger partial charge in [-0.3, -0.25) is 14.7 Å². The lowest BCUT2D eigenvalue weighted by Crippen LogP contribution is -1.81. The Labute approximate surface area is 153 Å². The van der Waals surface area contributed by atoms with Gasteiger partial charge in [-0.25, -0.2) is 27.4 Å². The van der Waals surface area contributed by atoms with Crippen LogP contribution in [0, 0.1) is 0 Å². The minimum atomic E-state index is -5.55. The number of phosphoric acid groups is 3. The van der Waals surface area contributed by atoms with Crippen molar-refractivity contribution in [2.24, 2.45) is 0 Å². The molecular formula is H9BF3O18P6. The molecule has 0 saturated heterocycles. The zero-order valence-corrected chi connectivity index (χ0v) is 17.5. The van der Waals surface area contributed by atoms with Crippen molar-refractivity contribution in [3.63, 3.8) is 0 Å². The molecule has 3 unspecified atom stereocenters. The second-order valence-corrected chi connectivity index (χ2v) is 10.7. The van der Waals surface area contributed by atoms with Crippen molar-refractivity contribution in [1.82, 2.24) is 0 Å². The fourth-order valence-corrected chi connectivity index (χ4v) is 3.54. The first kappa shape index (κ1) is 36.1. The Morgan fingerprint density at radius 2 is 0.536 bits per heavy atom. The average molecular weight is 551 g/mol. The highest BCUT2D eigenvalue weighted by atomic mass is 31.3. The van der Waals surface area contributed by atoms with Gasteiger partial charge in [0.05, 0.1) is 0 Å². The van der Waals surface area contributed by atoms with E-state index in [1.807, 2.05) is 0 Å². The van der Waals surface area contributed by atoms with Gasteiger partial charge in [0.25, 0.3) is 0 Å². The van der Waals surface area contributed by atoms with Crippen LogP contribution in [0.3, 0.4) is 0 Å². The highest BCUT2D eigenvalue weighted by molar-refractivity contribution is 7.61. The van der Waals surface area contributed by atoms with Crippen molar-refractivity contribution in [2.45, 2.75) is 0 Å². The van der Waals surface area contributed by atoms with Crippen LogP contribution in [0.25, 0.3) is 0 Å². The van der Waals surface area contributed by atoms with E-state index in [9.17, 15) is 40.0 Å². The van der Waals surface area contributed by atoms with Crippen molar-refractivity contribution >= 4 is 55.6 Å². The number of hydrogen-bond donors (Lipinski definition) is 9. The zero-order valence-electron chi connectivity index (χ0n) is 12.1. The third-order valence-corrected chi connectivity index (χ3v) is 5.59. The molecule has 0 bridgehead atoms. The summed E-state index contributed by atoms with van der Waals surface area (Å²) in [6.45, 7) is 0. The van der Waals surface area contributed by atoms with Crippen LogP contribution in [0.2, 0.25) is 0 Å². The standard InChI is InChI=1S/B.3FH3O6P2/c;3*1-8(2,3)7-9(4,5)6/h;3*(H,2,3)(H2,4,5,6). The normalized spacial score (nSPS) is 18.4. The Balaban J connectivity index is -0.000000152. The van der Waals surface area contributed by atoms with Crippen LogP contribution in [0.1, 0.15) is 0 Å². The summed E-state index contributed by atoms with van der Waals surface area (Å²) in [7, 11) is -32.2. The van der Waals surface area contributed by atoms with Gasteiger partial charge in [-0.15, -0.1) is 12.6 Å². The van der Waals surface area contributed by atoms with Crippen molar-refractivity contribution < 1.29 is 97.0 Å². The predicted octanol–water partition coefficient (Wildman–Crippen LogP) is 0.116. The van der Waals surface area contributed by atoms with E-state index in [4.69, 9.17) is 44.0 Å². The van der Waals surface area contributed by atoms with E-state index in [1.165, 1.54) is 0 Å². The Bertz CT molecular complexity index is 561. The lowest BCUT2D eigenvalue weighted by Gasteiger charge is -2.01. The van der Waals surface area contributed by atoms with E-state index in [1.54, 1.807) is 0 Å². The monoisotopic (exact) mass is 551 g/mol. The SMILES string of the molecule is O=P(O)(O)OP(=O)(O)F.O=P(O)(O)OP(=O)(O)F.O=P(O)(O)OP(=O)(O)F.[B]. The molecule has 3 radical (unpaired) electrons. The summed E-state index contributed by atoms with van der Waals surface area (Å²) in [5.74, 6) is 0. The van der Waals surface area contributed by atoms with Crippen molar-refractivity contribution in [1.29, 1.82) is 0 Å². The van der Waals surface area contributed by atoms with Crippen LogP contribution in [0.5, 0.6) is 0 Å². The largest absolute Gasteiger partial charge is 0.519 e. The predicted molar refractivity (Wildman–Crippen MR) is 77.9 cm³/mol. The van der Waals surface area contributed by atoms with Gasteiger partial charge >= 0.3 is 47.2 Å². The van der Waals surface area contributed by atoms with Crippen LogP contribution in [-0.4, -0.2) is 52.5 Å². The molecule has 171 valence electrons. The third kappa shape index (κ3) is 50.5. The summed E-state index contributed by atoms with van der Waals surface area (Å²) in [6.07, 6.45) is 0. The highest BCUT2D eigenvalue weighted by Crippen LogP contribution is 2.59. The summed E-state index contributed by atoms with van der Waals surface area (Å²) in [5, 5.41) is 0. The lowest BCUT2D eigenvalue weighted by molar-refractivity contribution is 0.242. The van der Waals surface area contributed by atoms with E-state index < -0.39 is 47.2 Å². The first-order valence-corrected chi connectivity index (χ1v) is 13.5. The summed E-state index contributed by atoms with van der Waals surface area (Å²) < 4.78 is 98.9. The quantitative estimate of drug-likeness (QED) is 0.156. The molecule has 0 aliphatic carbocycles. The number of halogens is 3. The minimum Gasteiger partial charge on any atom is -0.302 e. The van der Waals surface area contributed by atoms with E-state index in [0.29, 0.717) is 0 Å². The van der Waals surface area contributed by atoms with Gasteiger partial charge in [0.1, 0.15) is 0 Å². The van der Waals surface area contributed by atoms with Gasteiger partial charge in [-0.05, 0) is 0 Å². The molecule has 28 heteroatoms. The van der Waals surface area contributed by atoms with Crippen molar-refractivity contribution in [2.75, 3.05) is 0 Å². The van der Waals surface area contributed by atoms with Gasteiger partial charge in [-0.1, -0.05) is 0 Å². The van der Waals surface area contributed by atoms with Crippen molar-refractivity contribution in [3.05, 3.63) is 0 Å². The zero-order chi connectivity index (χ0) is 23.1. The van der Waals surface area contributed by atoms with E-state index in [-0.39, 0.29) is 8.41 Å². The van der Waals surface area contributed by atoms with Crippen LogP contribution in [0.4, 0.5) is 12.6 Å². The molecular weight excluding hydrogens is 542 g/mol. The average Bonchev–Trinajstić information content (AvgIpc) is 1.96. The maximum Gasteiger partial charge on any atom is 0.519 e. The lowest BCUT2D eigenvalue weighted by atomic mass is 10.8. The molecule has 18 nitrogen and oxygen atoms in total. The smallest absolute Gasteiger partial charge is 0.302 e. The maximum atomic E-state index is 11.3. The second kappa shape index (κ2) is 12.6. The molecule has 28 heavy (non-hydrogen) atoms. The molecule has 0 aromatic heterocycles. The molecule has 0 rings (SSSR count). The van der Waals surface area contributed by atoms with E-state index in [2.05, 4.69) is 12.9 Å². The third-order valence-electron chi connectivity index (χ3n) is 0.621. The first-order chi connectivity index (χ1) is 11.1. The van der Waals surface area contributed by atoms with Gasteiger partial charge < -0.3 is 29.4 Å². The Kier molecular flexibility index (Phi) is 16.2. The topological polar surface area (TPSA) is 312 Å². The Morgan fingerprint density at radius 3 is 0.536 bits per heavy atom. The fourth-order valence-electron chi connectivity index (χ4n) is 0.394. The number of rotatable bonds is 6. The summed E-state index contributed by atoms with van der Waals surface area (Å²) >= 11 is 0. The molecule has 9 N–H and O–H groups in total. The molecule has 0 aromatic carbocycles. The summed E-state index contributed by atoms with van der Waals surface area (Å²) in [6, 6.07) is 0. The van der Waals surface area contributed by atoms with Gasteiger partial charge in [0.15, 0.2) is 0 Å².